The zero-order valence-electron chi connectivity index (χ0n) is 22.9. The molecule has 3 aromatic rings. The Morgan fingerprint density at radius 3 is 1.09 bits per heavy atom. The molecule has 4 aliphatic carbocycles. The molecular formula is C38H24Fe2N2S+4. The summed E-state index contributed by atoms with van der Waals surface area (Å²) in [4.78, 5) is 0. The minimum Gasteiger partial charge on any atom is -0.172 e. The molecule has 0 amide bonds. The summed E-state index contributed by atoms with van der Waals surface area (Å²) < 4.78 is 8.87. The van der Waals surface area contributed by atoms with Crippen molar-refractivity contribution in [2.75, 3.05) is 0 Å². The van der Waals surface area contributed by atoms with Crippen molar-refractivity contribution in [2.24, 2.45) is 0 Å². The van der Waals surface area contributed by atoms with E-state index in [0.717, 1.165) is 45.1 Å². The average Bonchev–Trinajstić information content (AvgIpc) is 3.86. The Labute approximate surface area is 285 Å². The molecule has 4 aliphatic rings. The first-order valence-electron chi connectivity index (χ1n) is 13.0. The second-order valence-corrected chi connectivity index (χ2v) is 9.25. The second kappa shape index (κ2) is 20.1. The molecule has 204 valence electrons. The topological polar surface area (TPSA) is 25.8 Å². The summed E-state index contributed by atoms with van der Waals surface area (Å²) in [5.41, 5.74) is 5.20. The third-order valence-corrected chi connectivity index (χ3v) is 6.30. The number of hydrogen-bond acceptors (Lipinski definition) is 3. The Balaban J connectivity index is 0.000000358. The van der Waals surface area contributed by atoms with Gasteiger partial charge in [0.05, 0.1) is 34.7 Å². The van der Waals surface area contributed by atoms with Crippen molar-refractivity contribution in [2.45, 2.75) is 0 Å². The van der Waals surface area contributed by atoms with Crippen LogP contribution in [0.15, 0.2) is 36.4 Å². The van der Waals surface area contributed by atoms with Gasteiger partial charge < -0.3 is 0 Å². The first kappa shape index (κ1) is 35.5. The van der Waals surface area contributed by atoms with E-state index in [1.807, 2.05) is 152 Å². The van der Waals surface area contributed by atoms with Gasteiger partial charge in [0.25, 0.3) is 0 Å². The van der Waals surface area contributed by atoms with E-state index in [1.165, 1.54) is 11.7 Å². The Morgan fingerprint density at radius 2 is 0.698 bits per heavy atom. The van der Waals surface area contributed by atoms with Gasteiger partial charge in [-0.3, -0.25) is 0 Å². The molecule has 0 aliphatic heterocycles. The van der Waals surface area contributed by atoms with Crippen LogP contribution in [0.25, 0.3) is 11.0 Å². The van der Waals surface area contributed by atoms with Gasteiger partial charge in [0.15, 0.2) is 0 Å². The summed E-state index contributed by atoms with van der Waals surface area (Å²) in [6.45, 7) is 0. The van der Waals surface area contributed by atoms with Crippen molar-refractivity contribution in [1.82, 2.24) is 8.75 Å². The van der Waals surface area contributed by atoms with E-state index in [2.05, 4.69) is 44.3 Å². The molecule has 20 radical (unpaired) electrons. The first-order chi connectivity index (χ1) is 20.3. The van der Waals surface area contributed by atoms with Gasteiger partial charge in [0.1, 0.15) is 11.0 Å². The Morgan fingerprint density at radius 1 is 0.372 bits per heavy atom. The predicted octanol–water partition coefficient (Wildman–Crippen LogP) is 6.64. The van der Waals surface area contributed by atoms with Crippen molar-refractivity contribution >= 4 is 22.8 Å². The van der Waals surface area contributed by atoms with Gasteiger partial charge in [-0.1, -0.05) is 35.5 Å². The third-order valence-electron chi connectivity index (χ3n) is 5.77. The summed E-state index contributed by atoms with van der Waals surface area (Å²) >= 11 is 1.18. The average molecular weight is 652 g/mol. The summed E-state index contributed by atoms with van der Waals surface area (Å²) in [5.74, 6) is 21.1. The van der Waals surface area contributed by atoms with E-state index < -0.39 is 0 Å². The van der Waals surface area contributed by atoms with E-state index in [0.29, 0.717) is 0 Å². The summed E-state index contributed by atoms with van der Waals surface area (Å²) in [6.07, 6.45) is 35.9. The van der Waals surface area contributed by atoms with Crippen molar-refractivity contribution < 1.29 is 34.1 Å². The van der Waals surface area contributed by atoms with Crippen LogP contribution in [-0.4, -0.2) is 8.75 Å². The van der Waals surface area contributed by atoms with Gasteiger partial charge in [0.2, 0.25) is 0 Å². The minimum atomic E-state index is 0. The fourth-order valence-electron chi connectivity index (χ4n) is 3.68. The van der Waals surface area contributed by atoms with E-state index in [4.69, 9.17) is 0 Å². The van der Waals surface area contributed by atoms with Crippen molar-refractivity contribution in [1.29, 1.82) is 0 Å². The molecule has 1 aromatic heterocycles. The van der Waals surface area contributed by atoms with Crippen LogP contribution in [0.3, 0.4) is 0 Å². The number of hydrogen-bond donors (Lipinski definition) is 0. The van der Waals surface area contributed by atoms with E-state index in [1.54, 1.807) is 0 Å². The molecule has 0 bridgehead atoms. The maximum atomic E-state index is 4.44. The van der Waals surface area contributed by atoms with Gasteiger partial charge in [0, 0.05) is 11.1 Å². The van der Waals surface area contributed by atoms with Crippen molar-refractivity contribution in [3.63, 3.8) is 0 Å². The second-order valence-electron chi connectivity index (χ2n) is 8.72. The monoisotopic (exact) mass is 652 g/mol. The number of benzene rings is 2. The molecule has 0 N–H and O–H groups in total. The van der Waals surface area contributed by atoms with Crippen LogP contribution in [0.1, 0.15) is 22.3 Å². The first-order valence-corrected chi connectivity index (χ1v) is 13.8. The fraction of sp³-hybridized carbons (Fsp3) is 0. The molecule has 43 heavy (non-hydrogen) atoms. The standard InChI is InChI=1S/C28H14N2S.2C5H5.2Fe/c1-2-6-21(5-1)9-10-23-11-13-24(14-12-23)16-18-26-20-19-25(27-28(26)30-31-29-27)17-15-22-7-3-4-8-22;2*1-2-4-5-3-1;;/h1-8,11-14,19-20H;2*1-5H;;/q;;;2*+2. The molecule has 0 saturated heterocycles. The van der Waals surface area contributed by atoms with E-state index in [9.17, 15) is 0 Å². The maximum absolute atomic E-state index is 4.44. The predicted molar refractivity (Wildman–Crippen MR) is 167 cm³/mol. The van der Waals surface area contributed by atoms with Gasteiger partial charge in [-0.25, -0.2) is 0 Å². The van der Waals surface area contributed by atoms with Crippen LogP contribution in [0.4, 0.5) is 0 Å². The Hall–Kier alpha value is -2.02. The molecule has 7 rings (SSSR count). The SMILES string of the molecule is C(#Cc1ccc(C#Cc2ccc(C#C[C]3[CH][CH][CH][CH]3)c3nsnc23)cc1)[C]1[CH][CH][CH][CH]1.[CH]1[CH][CH][CH][CH]1.[CH]1[CH][CH][CH][CH]1.[Fe+2].[Fe+2]. The summed E-state index contributed by atoms with van der Waals surface area (Å²) in [5, 5.41) is 0. The molecule has 4 saturated carbocycles. The van der Waals surface area contributed by atoms with Crippen molar-refractivity contribution in [3.05, 3.63) is 186 Å². The third kappa shape index (κ3) is 11.8. The number of rotatable bonds is 0. The van der Waals surface area contributed by atoms with Gasteiger partial charge in [-0.2, -0.15) is 8.75 Å². The Bertz CT molecular complexity index is 1400. The molecular weight excluding hydrogens is 628 g/mol. The summed E-state index contributed by atoms with van der Waals surface area (Å²) in [7, 11) is 0. The molecule has 0 spiro atoms. The van der Waals surface area contributed by atoms with Crippen LogP contribution in [0.5, 0.6) is 0 Å². The Kier molecular flexibility index (Phi) is 16.6. The van der Waals surface area contributed by atoms with Crippen LogP contribution in [0, 0.1) is 163 Å². The smallest absolute Gasteiger partial charge is 0.172 e. The fourth-order valence-corrected chi connectivity index (χ4v) is 4.26. The van der Waals surface area contributed by atoms with Gasteiger partial charge >= 0.3 is 34.1 Å². The number of aromatic nitrogens is 2. The molecule has 2 nitrogen and oxygen atoms in total. The molecule has 2 aromatic carbocycles. The maximum Gasteiger partial charge on any atom is 2.00 e. The van der Waals surface area contributed by atoms with Crippen LogP contribution < -0.4 is 0 Å². The summed E-state index contributed by atoms with van der Waals surface area (Å²) in [6, 6.07) is 11.9. The molecule has 0 atom stereocenters. The largest absolute Gasteiger partial charge is 2.00 e. The van der Waals surface area contributed by atoms with Crippen LogP contribution >= 0.6 is 11.7 Å². The zero-order valence-corrected chi connectivity index (χ0v) is 25.9. The van der Waals surface area contributed by atoms with E-state index >= 15 is 0 Å². The zero-order chi connectivity index (χ0) is 28.0. The quantitative estimate of drug-likeness (QED) is 0.201. The van der Waals surface area contributed by atoms with Crippen molar-refractivity contribution in [3.8, 4) is 35.5 Å². The minimum absolute atomic E-state index is 0. The van der Waals surface area contributed by atoms with E-state index in [-0.39, 0.29) is 34.1 Å². The molecule has 0 unspecified atom stereocenters. The van der Waals surface area contributed by atoms with Crippen LogP contribution in [0.2, 0.25) is 0 Å². The van der Waals surface area contributed by atoms with Gasteiger partial charge in [-0.15, -0.1) is 0 Å². The van der Waals surface area contributed by atoms with Gasteiger partial charge in [-0.05, 0) is 152 Å². The molecule has 4 fully saturated rings. The number of fused-ring (bicyclic) bond motifs is 1. The normalized spacial score (nSPS) is 17.3. The molecule has 1 heterocycles. The molecule has 5 heteroatoms. The van der Waals surface area contributed by atoms with Crippen LogP contribution in [-0.2, 0) is 34.1 Å². The number of nitrogens with zero attached hydrogens (tertiary/aromatic N) is 2.